The highest BCUT2D eigenvalue weighted by Gasteiger charge is 2.38. The van der Waals surface area contributed by atoms with Crippen molar-refractivity contribution < 1.29 is 0 Å². The molecule has 0 aliphatic carbocycles. The van der Waals surface area contributed by atoms with Gasteiger partial charge in [-0.3, -0.25) is 0 Å². The van der Waals surface area contributed by atoms with Crippen molar-refractivity contribution in [3.05, 3.63) is 0 Å². The van der Waals surface area contributed by atoms with E-state index in [0.29, 0.717) is 10.8 Å². The van der Waals surface area contributed by atoms with Crippen molar-refractivity contribution in [1.82, 2.24) is 0 Å². The molecule has 0 saturated heterocycles. The summed E-state index contributed by atoms with van der Waals surface area (Å²) in [5, 5.41) is 0. The van der Waals surface area contributed by atoms with E-state index in [-0.39, 0.29) is 0 Å². The summed E-state index contributed by atoms with van der Waals surface area (Å²) in [6, 6.07) is 0. The number of rotatable bonds is 7. The fourth-order valence-electron chi connectivity index (χ4n) is 2.72. The molecule has 0 aromatic rings. The van der Waals surface area contributed by atoms with Crippen LogP contribution in [0.25, 0.3) is 0 Å². The highest BCUT2D eigenvalue weighted by atomic mass is 14.4. The van der Waals surface area contributed by atoms with Gasteiger partial charge in [-0.15, -0.1) is 0 Å². The van der Waals surface area contributed by atoms with Crippen molar-refractivity contribution in [2.24, 2.45) is 16.7 Å². The minimum Gasteiger partial charge on any atom is -0.0654 e. The van der Waals surface area contributed by atoms with E-state index in [1.165, 1.54) is 32.1 Å². The first-order valence-corrected chi connectivity index (χ1v) is 6.79. The van der Waals surface area contributed by atoms with Crippen LogP contribution in [0.1, 0.15) is 80.6 Å². The van der Waals surface area contributed by atoms with E-state index in [1.807, 2.05) is 0 Å². The van der Waals surface area contributed by atoms with Crippen LogP contribution in [0.2, 0.25) is 0 Å². The molecule has 1 unspecified atom stereocenters. The fraction of sp³-hybridized carbons (Fsp3) is 1.00. The van der Waals surface area contributed by atoms with Crippen LogP contribution in [0.4, 0.5) is 0 Å². The Kier molecular flexibility index (Phi) is 5.92. The summed E-state index contributed by atoms with van der Waals surface area (Å²) in [6.07, 6.45) is 6.74. The Morgan fingerprint density at radius 2 is 1.53 bits per heavy atom. The SMILES string of the molecule is CCCCC(C)(C)C(C)(CC)CC(C)C. The van der Waals surface area contributed by atoms with Gasteiger partial charge in [-0.1, -0.05) is 67.7 Å². The molecule has 0 heterocycles. The molecule has 0 spiro atoms. The third-order valence-electron chi connectivity index (χ3n) is 4.43. The summed E-state index contributed by atoms with van der Waals surface area (Å²) < 4.78 is 0. The molecular formula is C15H32. The average Bonchev–Trinajstić information content (AvgIpc) is 2.13. The van der Waals surface area contributed by atoms with Crippen LogP contribution >= 0.6 is 0 Å². The molecule has 15 heavy (non-hydrogen) atoms. The molecule has 0 heteroatoms. The van der Waals surface area contributed by atoms with Gasteiger partial charge in [0.2, 0.25) is 0 Å². The molecule has 0 nitrogen and oxygen atoms in total. The van der Waals surface area contributed by atoms with E-state index in [4.69, 9.17) is 0 Å². The highest BCUT2D eigenvalue weighted by molar-refractivity contribution is 4.89. The zero-order valence-corrected chi connectivity index (χ0v) is 12.1. The first-order chi connectivity index (χ1) is 6.79. The Bertz CT molecular complexity index is 167. The first-order valence-electron chi connectivity index (χ1n) is 6.79. The predicted molar refractivity (Wildman–Crippen MR) is 71.2 cm³/mol. The maximum Gasteiger partial charge on any atom is -0.0275 e. The summed E-state index contributed by atoms with van der Waals surface area (Å²) >= 11 is 0. The van der Waals surface area contributed by atoms with Gasteiger partial charge in [0.15, 0.2) is 0 Å². The van der Waals surface area contributed by atoms with Gasteiger partial charge in [-0.05, 0) is 29.6 Å². The highest BCUT2D eigenvalue weighted by Crippen LogP contribution is 2.49. The van der Waals surface area contributed by atoms with Crippen molar-refractivity contribution in [2.45, 2.75) is 80.6 Å². The quantitative estimate of drug-likeness (QED) is 0.510. The normalized spacial score (nSPS) is 16.8. The van der Waals surface area contributed by atoms with E-state index in [1.54, 1.807) is 0 Å². The molecule has 0 aliphatic heterocycles. The Morgan fingerprint density at radius 3 is 1.87 bits per heavy atom. The zero-order valence-electron chi connectivity index (χ0n) is 12.1. The molecule has 0 radical (unpaired) electrons. The third-order valence-corrected chi connectivity index (χ3v) is 4.43. The summed E-state index contributed by atoms with van der Waals surface area (Å²) in [5.74, 6) is 0.816. The molecule has 0 aromatic carbocycles. The van der Waals surface area contributed by atoms with E-state index < -0.39 is 0 Å². The van der Waals surface area contributed by atoms with Gasteiger partial charge in [0.05, 0.1) is 0 Å². The van der Waals surface area contributed by atoms with Gasteiger partial charge < -0.3 is 0 Å². The lowest BCUT2D eigenvalue weighted by atomic mass is 9.60. The van der Waals surface area contributed by atoms with Gasteiger partial charge in [-0.2, -0.15) is 0 Å². The minimum atomic E-state index is 0.488. The third kappa shape index (κ3) is 4.17. The van der Waals surface area contributed by atoms with Crippen LogP contribution < -0.4 is 0 Å². The van der Waals surface area contributed by atoms with Crippen molar-refractivity contribution in [3.8, 4) is 0 Å². The Hall–Kier alpha value is 0. The molecule has 0 fully saturated rings. The first kappa shape index (κ1) is 15.0. The largest absolute Gasteiger partial charge is 0.0654 e. The Balaban J connectivity index is 4.59. The molecule has 0 aromatic heterocycles. The lowest BCUT2D eigenvalue weighted by Crippen LogP contribution is -2.36. The topological polar surface area (TPSA) is 0 Å². The molecule has 0 N–H and O–H groups in total. The van der Waals surface area contributed by atoms with Crippen molar-refractivity contribution in [1.29, 1.82) is 0 Å². The van der Waals surface area contributed by atoms with E-state index in [9.17, 15) is 0 Å². The minimum absolute atomic E-state index is 0.488. The monoisotopic (exact) mass is 212 g/mol. The van der Waals surface area contributed by atoms with Crippen LogP contribution in [0.3, 0.4) is 0 Å². The molecule has 0 aliphatic rings. The van der Waals surface area contributed by atoms with Crippen molar-refractivity contribution in [2.75, 3.05) is 0 Å². The summed E-state index contributed by atoms with van der Waals surface area (Å²) in [7, 11) is 0. The van der Waals surface area contributed by atoms with Gasteiger partial charge in [0, 0.05) is 0 Å². The van der Waals surface area contributed by atoms with Crippen LogP contribution in [0.15, 0.2) is 0 Å². The second kappa shape index (κ2) is 5.92. The number of hydrogen-bond donors (Lipinski definition) is 0. The predicted octanol–water partition coefficient (Wildman–Crippen LogP) is 5.67. The second-order valence-electron chi connectivity index (χ2n) is 6.50. The maximum atomic E-state index is 2.49. The Labute approximate surface area is 97.8 Å². The van der Waals surface area contributed by atoms with Crippen LogP contribution in [-0.4, -0.2) is 0 Å². The maximum absolute atomic E-state index is 2.49. The molecule has 0 bridgehead atoms. The van der Waals surface area contributed by atoms with Crippen molar-refractivity contribution in [3.63, 3.8) is 0 Å². The molecule has 92 valence electrons. The van der Waals surface area contributed by atoms with E-state index in [0.717, 1.165) is 5.92 Å². The standard InChI is InChI=1S/C15H32/c1-8-10-11-14(5,6)15(7,9-2)12-13(3)4/h13H,8-12H2,1-7H3. The van der Waals surface area contributed by atoms with Crippen LogP contribution in [0, 0.1) is 16.7 Å². The average molecular weight is 212 g/mol. The van der Waals surface area contributed by atoms with Crippen LogP contribution in [0.5, 0.6) is 0 Å². The zero-order chi connectivity index (χ0) is 12.1. The summed E-state index contributed by atoms with van der Waals surface area (Å²) in [4.78, 5) is 0. The second-order valence-corrected chi connectivity index (χ2v) is 6.50. The molecule has 1 atom stereocenters. The van der Waals surface area contributed by atoms with Gasteiger partial charge >= 0.3 is 0 Å². The number of unbranched alkanes of at least 4 members (excludes halogenated alkanes) is 1. The molecular weight excluding hydrogens is 180 g/mol. The van der Waals surface area contributed by atoms with Gasteiger partial charge in [0.25, 0.3) is 0 Å². The van der Waals surface area contributed by atoms with Crippen LogP contribution in [-0.2, 0) is 0 Å². The smallest absolute Gasteiger partial charge is 0.0275 e. The molecule has 0 rings (SSSR count). The van der Waals surface area contributed by atoms with Gasteiger partial charge in [-0.25, -0.2) is 0 Å². The Morgan fingerprint density at radius 1 is 1.00 bits per heavy atom. The number of hydrogen-bond acceptors (Lipinski definition) is 0. The van der Waals surface area contributed by atoms with Crippen molar-refractivity contribution >= 4 is 0 Å². The van der Waals surface area contributed by atoms with E-state index in [2.05, 4.69) is 48.5 Å². The summed E-state index contributed by atoms with van der Waals surface area (Å²) in [6.45, 7) is 16.8. The van der Waals surface area contributed by atoms with Gasteiger partial charge in [0.1, 0.15) is 0 Å². The van der Waals surface area contributed by atoms with E-state index >= 15 is 0 Å². The molecule has 0 amide bonds. The molecule has 0 saturated carbocycles. The summed E-state index contributed by atoms with van der Waals surface area (Å²) in [5.41, 5.74) is 0.998. The lowest BCUT2D eigenvalue weighted by Gasteiger charge is -2.45. The lowest BCUT2D eigenvalue weighted by molar-refractivity contribution is 0.0473. The fourth-order valence-corrected chi connectivity index (χ4v) is 2.72.